The van der Waals surface area contributed by atoms with Crippen LogP contribution in [0.3, 0.4) is 0 Å². The minimum Gasteiger partial charge on any atom is -0.483 e. The van der Waals surface area contributed by atoms with E-state index in [0.29, 0.717) is 24.5 Å². The van der Waals surface area contributed by atoms with Crippen molar-refractivity contribution in [1.82, 2.24) is 10.2 Å². The summed E-state index contributed by atoms with van der Waals surface area (Å²) < 4.78 is 10.7. The van der Waals surface area contributed by atoms with E-state index in [1.165, 1.54) is 4.90 Å². The number of carbonyl (C=O) groups is 2. The lowest BCUT2D eigenvalue weighted by molar-refractivity contribution is -0.142. The Morgan fingerprint density at radius 2 is 2.09 bits per heavy atom. The van der Waals surface area contributed by atoms with E-state index < -0.39 is 11.6 Å². The standard InChI is InChI=1S/C17H24N2O4/c1-17(2,3)18-16(21)15-12-7-5-6-8-13(12)23-11-14(20)19(15)9-10-22-4/h5-8,15H,9-11H2,1-4H3,(H,18,21). The molecule has 0 fully saturated rings. The highest BCUT2D eigenvalue weighted by molar-refractivity contribution is 5.91. The first-order chi connectivity index (χ1) is 10.8. The number of rotatable bonds is 4. The van der Waals surface area contributed by atoms with Gasteiger partial charge in [0.15, 0.2) is 6.61 Å². The van der Waals surface area contributed by atoms with Crippen LogP contribution in [0.25, 0.3) is 0 Å². The number of hydrogen-bond acceptors (Lipinski definition) is 4. The fraction of sp³-hybridized carbons (Fsp3) is 0.529. The summed E-state index contributed by atoms with van der Waals surface area (Å²) in [6, 6.07) is 6.53. The normalized spacial score (nSPS) is 18.0. The van der Waals surface area contributed by atoms with E-state index in [1.54, 1.807) is 13.2 Å². The minimum atomic E-state index is -0.726. The number of hydrogen-bond donors (Lipinski definition) is 1. The summed E-state index contributed by atoms with van der Waals surface area (Å²) in [5, 5.41) is 2.96. The van der Waals surface area contributed by atoms with Crippen LogP contribution in [0.15, 0.2) is 24.3 Å². The number of nitrogens with one attached hydrogen (secondary N) is 1. The molecule has 0 aromatic heterocycles. The molecule has 0 aliphatic carbocycles. The van der Waals surface area contributed by atoms with Crippen molar-refractivity contribution in [3.63, 3.8) is 0 Å². The zero-order valence-electron chi connectivity index (χ0n) is 14.1. The van der Waals surface area contributed by atoms with Crippen LogP contribution in [0.4, 0.5) is 0 Å². The number of fused-ring (bicyclic) bond motifs is 1. The molecule has 1 aliphatic rings. The summed E-state index contributed by atoms with van der Waals surface area (Å²) in [5.74, 6) is 0.113. The van der Waals surface area contributed by atoms with Crippen LogP contribution in [-0.2, 0) is 14.3 Å². The Bertz CT molecular complexity index is 580. The molecule has 1 N–H and O–H groups in total. The van der Waals surface area contributed by atoms with Gasteiger partial charge in [-0.05, 0) is 26.8 Å². The molecule has 126 valence electrons. The van der Waals surface area contributed by atoms with Crippen molar-refractivity contribution >= 4 is 11.8 Å². The van der Waals surface area contributed by atoms with Gasteiger partial charge in [-0.2, -0.15) is 0 Å². The Morgan fingerprint density at radius 1 is 1.39 bits per heavy atom. The first kappa shape index (κ1) is 17.3. The Labute approximate surface area is 136 Å². The van der Waals surface area contributed by atoms with Gasteiger partial charge in [0.2, 0.25) is 5.91 Å². The van der Waals surface area contributed by atoms with E-state index in [2.05, 4.69) is 5.32 Å². The van der Waals surface area contributed by atoms with Crippen LogP contribution >= 0.6 is 0 Å². The van der Waals surface area contributed by atoms with Gasteiger partial charge in [0.1, 0.15) is 11.8 Å². The van der Waals surface area contributed by atoms with Gasteiger partial charge in [0.05, 0.1) is 6.61 Å². The van der Waals surface area contributed by atoms with Crippen LogP contribution in [0, 0.1) is 0 Å². The summed E-state index contributed by atoms with van der Waals surface area (Å²) in [5.41, 5.74) is 0.297. The maximum Gasteiger partial charge on any atom is 0.261 e. The topological polar surface area (TPSA) is 67.9 Å². The molecule has 1 atom stereocenters. The number of nitrogens with zero attached hydrogens (tertiary/aromatic N) is 1. The van der Waals surface area contributed by atoms with E-state index in [0.717, 1.165) is 0 Å². The molecule has 0 saturated heterocycles. The van der Waals surface area contributed by atoms with Crippen molar-refractivity contribution < 1.29 is 19.1 Å². The summed E-state index contributed by atoms with van der Waals surface area (Å²) in [4.78, 5) is 26.8. The predicted octanol–water partition coefficient (Wildman–Crippen LogP) is 1.51. The molecule has 2 amide bonds. The molecule has 1 aromatic rings. The molecular formula is C17H24N2O4. The van der Waals surface area contributed by atoms with E-state index in [-0.39, 0.29) is 18.4 Å². The summed E-state index contributed by atoms with van der Waals surface area (Å²) in [6.45, 7) is 6.32. The lowest BCUT2D eigenvalue weighted by atomic mass is 10.0. The molecule has 6 nitrogen and oxygen atoms in total. The first-order valence-corrected chi connectivity index (χ1v) is 7.65. The first-order valence-electron chi connectivity index (χ1n) is 7.65. The van der Waals surface area contributed by atoms with Crippen LogP contribution < -0.4 is 10.1 Å². The maximum atomic E-state index is 12.8. The van der Waals surface area contributed by atoms with Crippen molar-refractivity contribution in [1.29, 1.82) is 0 Å². The monoisotopic (exact) mass is 320 g/mol. The molecule has 1 heterocycles. The van der Waals surface area contributed by atoms with Gasteiger partial charge in [-0.3, -0.25) is 9.59 Å². The maximum absolute atomic E-state index is 12.8. The number of amides is 2. The largest absolute Gasteiger partial charge is 0.483 e. The SMILES string of the molecule is COCCN1C(=O)COc2ccccc2C1C(=O)NC(C)(C)C. The zero-order chi connectivity index (χ0) is 17.0. The van der Waals surface area contributed by atoms with Crippen molar-refractivity contribution in [2.24, 2.45) is 0 Å². The molecule has 1 aliphatic heterocycles. The second kappa shape index (κ2) is 7.00. The molecule has 0 saturated carbocycles. The van der Waals surface area contributed by atoms with Crippen molar-refractivity contribution in [3.8, 4) is 5.75 Å². The number of carbonyl (C=O) groups excluding carboxylic acids is 2. The average Bonchev–Trinajstić information content (AvgIpc) is 2.61. The van der Waals surface area contributed by atoms with Crippen LogP contribution in [0.2, 0.25) is 0 Å². The fourth-order valence-electron chi connectivity index (χ4n) is 2.54. The van der Waals surface area contributed by atoms with Crippen molar-refractivity contribution in [3.05, 3.63) is 29.8 Å². The van der Waals surface area contributed by atoms with E-state index in [9.17, 15) is 9.59 Å². The van der Waals surface area contributed by atoms with Gasteiger partial charge < -0.3 is 19.7 Å². The smallest absolute Gasteiger partial charge is 0.261 e. The van der Waals surface area contributed by atoms with Gasteiger partial charge >= 0.3 is 0 Å². The van der Waals surface area contributed by atoms with Crippen LogP contribution in [-0.4, -0.2) is 49.1 Å². The molecule has 6 heteroatoms. The minimum absolute atomic E-state index is 0.0833. The Morgan fingerprint density at radius 3 is 2.74 bits per heavy atom. The third kappa shape index (κ3) is 4.22. The number of para-hydroxylation sites is 1. The van der Waals surface area contributed by atoms with Crippen LogP contribution in [0.5, 0.6) is 5.75 Å². The molecule has 0 radical (unpaired) electrons. The third-order valence-corrected chi connectivity index (χ3v) is 3.48. The molecule has 0 spiro atoms. The van der Waals surface area contributed by atoms with Crippen LogP contribution in [0.1, 0.15) is 32.4 Å². The Balaban J connectivity index is 2.42. The van der Waals surface area contributed by atoms with Crippen molar-refractivity contribution in [2.75, 3.05) is 26.9 Å². The Hall–Kier alpha value is -2.08. The molecule has 0 bridgehead atoms. The highest BCUT2D eigenvalue weighted by atomic mass is 16.5. The molecule has 1 unspecified atom stereocenters. The Kier molecular flexibility index (Phi) is 5.26. The fourth-order valence-corrected chi connectivity index (χ4v) is 2.54. The number of benzene rings is 1. The van der Waals surface area contributed by atoms with Gasteiger partial charge in [-0.15, -0.1) is 0 Å². The third-order valence-electron chi connectivity index (χ3n) is 3.48. The number of ether oxygens (including phenoxy) is 2. The summed E-state index contributed by atoms with van der Waals surface area (Å²) >= 11 is 0. The van der Waals surface area contributed by atoms with E-state index in [4.69, 9.17) is 9.47 Å². The van der Waals surface area contributed by atoms with Gasteiger partial charge in [0.25, 0.3) is 5.91 Å². The second-order valence-electron chi connectivity index (χ2n) is 6.55. The highest BCUT2D eigenvalue weighted by Crippen LogP contribution is 2.32. The van der Waals surface area contributed by atoms with E-state index in [1.807, 2.05) is 39.0 Å². The highest BCUT2D eigenvalue weighted by Gasteiger charge is 2.37. The lowest BCUT2D eigenvalue weighted by Crippen LogP contribution is -2.50. The molecule has 23 heavy (non-hydrogen) atoms. The second-order valence-corrected chi connectivity index (χ2v) is 6.55. The van der Waals surface area contributed by atoms with Crippen molar-refractivity contribution in [2.45, 2.75) is 32.4 Å². The summed E-state index contributed by atoms with van der Waals surface area (Å²) in [6.07, 6.45) is 0. The molecule has 2 rings (SSSR count). The summed E-state index contributed by atoms with van der Waals surface area (Å²) in [7, 11) is 1.57. The average molecular weight is 320 g/mol. The zero-order valence-corrected chi connectivity index (χ0v) is 14.1. The quantitative estimate of drug-likeness (QED) is 0.913. The number of methoxy groups -OCH3 is 1. The predicted molar refractivity (Wildman–Crippen MR) is 86.2 cm³/mol. The van der Waals surface area contributed by atoms with Gasteiger partial charge in [0, 0.05) is 24.8 Å². The van der Waals surface area contributed by atoms with E-state index >= 15 is 0 Å². The van der Waals surface area contributed by atoms with Gasteiger partial charge in [-0.25, -0.2) is 0 Å². The molecular weight excluding hydrogens is 296 g/mol. The lowest BCUT2D eigenvalue weighted by Gasteiger charge is -2.32. The van der Waals surface area contributed by atoms with Gasteiger partial charge in [-0.1, -0.05) is 18.2 Å². The molecule has 1 aromatic carbocycles.